The van der Waals surface area contributed by atoms with Gasteiger partial charge in [0.15, 0.2) is 0 Å². The highest BCUT2D eigenvalue weighted by molar-refractivity contribution is 6.33. The summed E-state index contributed by atoms with van der Waals surface area (Å²) < 4.78 is 0. The van der Waals surface area contributed by atoms with Crippen LogP contribution in [0.15, 0.2) is 72.8 Å². The van der Waals surface area contributed by atoms with Crippen LogP contribution in [0.2, 0.25) is 5.02 Å². The van der Waals surface area contributed by atoms with E-state index in [9.17, 15) is 9.59 Å². The van der Waals surface area contributed by atoms with E-state index in [1.807, 2.05) is 48.5 Å². The molecule has 0 bridgehead atoms. The van der Waals surface area contributed by atoms with Crippen molar-refractivity contribution in [3.05, 3.63) is 100 Å². The number of piperidine rings is 1. The number of carbonyl (C=O) groups is 2. The number of carboxylic acids is 1. The molecule has 0 unspecified atom stereocenters. The molecule has 0 aliphatic carbocycles. The van der Waals surface area contributed by atoms with Crippen molar-refractivity contribution in [1.29, 1.82) is 0 Å². The molecule has 4 rings (SSSR count). The predicted octanol–water partition coefficient (Wildman–Crippen LogP) is 5.48. The molecule has 0 aromatic heterocycles. The summed E-state index contributed by atoms with van der Waals surface area (Å²) >= 11 is 6.70. The number of nitrogens with zero attached hydrogens (tertiary/aromatic N) is 1. The zero-order valence-electron chi connectivity index (χ0n) is 18.3. The number of carboxylic acid groups (broad SMARTS) is 1. The first-order valence-electron chi connectivity index (χ1n) is 11.2. The van der Waals surface area contributed by atoms with Gasteiger partial charge in [-0.05, 0) is 48.6 Å². The van der Waals surface area contributed by atoms with Crippen LogP contribution in [0.4, 0.5) is 5.69 Å². The van der Waals surface area contributed by atoms with Gasteiger partial charge in [0.25, 0.3) is 0 Å². The van der Waals surface area contributed by atoms with Gasteiger partial charge in [0.2, 0.25) is 5.91 Å². The lowest BCUT2D eigenvalue weighted by molar-refractivity contribution is -0.120. The van der Waals surface area contributed by atoms with Gasteiger partial charge in [0, 0.05) is 18.7 Å². The summed E-state index contributed by atoms with van der Waals surface area (Å²) in [5.74, 6) is -1.13. The highest BCUT2D eigenvalue weighted by Gasteiger charge is 2.25. The molecule has 1 saturated heterocycles. The van der Waals surface area contributed by atoms with Crippen LogP contribution in [-0.2, 0) is 11.2 Å². The molecule has 0 radical (unpaired) electrons. The van der Waals surface area contributed by atoms with E-state index in [1.54, 1.807) is 12.1 Å². The molecule has 1 aliphatic heterocycles. The van der Waals surface area contributed by atoms with Crippen LogP contribution in [-0.4, -0.2) is 30.1 Å². The van der Waals surface area contributed by atoms with Gasteiger partial charge in [-0.2, -0.15) is 0 Å². The van der Waals surface area contributed by atoms with Gasteiger partial charge in [-0.3, -0.25) is 4.79 Å². The first kappa shape index (κ1) is 22.9. The van der Waals surface area contributed by atoms with Crippen molar-refractivity contribution in [2.75, 3.05) is 18.0 Å². The van der Waals surface area contributed by atoms with E-state index in [4.69, 9.17) is 16.7 Å². The fourth-order valence-electron chi connectivity index (χ4n) is 4.36. The Kier molecular flexibility index (Phi) is 7.30. The predicted molar refractivity (Wildman–Crippen MR) is 131 cm³/mol. The Hall–Kier alpha value is -3.31. The van der Waals surface area contributed by atoms with E-state index in [0.29, 0.717) is 5.02 Å². The van der Waals surface area contributed by atoms with E-state index < -0.39 is 5.97 Å². The third-order valence-electron chi connectivity index (χ3n) is 6.01. The minimum atomic E-state index is -0.985. The molecule has 1 heterocycles. The van der Waals surface area contributed by atoms with Gasteiger partial charge in [-0.1, -0.05) is 66.2 Å². The molecule has 1 amide bonds. The topological polar surface area (TPSA) is 69.6 Å². The molecular weight excluding hydrogens is 436 g/mol. The van der Waals surface area contributed by atoms with E-state index >= 15 is 0 Å². The molecule has 1 aliphatic rings. The van der Waals surface area contributed by atoms with Crippen LogP contribution in [0, 0.1) is 0 Å². The number of rotatable bonds is 7. The summed E-state index contributed by atoms with van der Waals surface area (Å²) in [4.78, 5) is 26.5. The number of hydrogen-bond donors (Lipinski definition) is 2. The van der Waals surface area contributed by atoms with Crippen LogP contribution in [0.5, 0.6) is 0 Å². The van der Waals surface area contributed by atoms with Crippen LogP contribution in [0.1, 0.15) is 52.4 Å². The molecule has 2 N–H and O–H groups in total. The lowest BCUT2D eigenvalue weighted by Gasteiger charge is -2.33. The highest BCUT2D eigenvalue weighted by atomic mass is 35.5. The van der Waals surface area contributed by atoms with Crippen molar-refractivity contribution in [3.63, 3.8) is 0 Å². The minimum Gasteiger partial charge on any atom is -0.478 e. The number of hydrogen-bond acceptors (Lipinski definition) is 3. The number of benzene rings is 3. The van der Waals surface area contributed by atoms with Crippen LogP contribution in [0.25, 0.3) is 0 Å². The second-order valence-corrected chi connectivity index (χ2v) is 8.72. The summed E-state index contributed by atoms with van der Waals surface area (Å²) in [6.45, 7) is 1.89. The first-order valence-corrected chi connectivity index (χ1v) is 11.6. The molecule has 1 fully saturated rings. The standard InChI is InChI=1S/C27H27ClN2O3/c28-23-11-7-10-22(26(23)30-16-5-2-6-17-30)25(20-8-3-1-4-9-20)29-24(31)18-19-12-14-21(15-13-19)27(32)33/h1,3-4,7-15,25H,2,5-6,16-18H2,(H,29,31)(H,32,33)/t25-/m1/s1. The van der Waals surface area contributed by atoms with Gasteiger partial charge in [0.1, 0.15) is 0 Å². The maximum Gasteiger partial charge on any atom is 0.335 e. The summed E-state index contributed by atoms with van der Waals surface area (Å²) in [7, 11) is 0. The molecule has 0 saturated carbocycles. The summed E-state index contributed by atoms with van der Waals surface area (Å²) in [6, 6.07) is 21.8. The average Bonchev–Trinajstić information content (AvgIpc) is 2.84. The molecule has 1 atom stereocenters. The third kappa shape index (κ3) is 5.55. The van der Waals surface area contributed by atoms with E-state index in [2.05, 4.69) is 10.2 Å². The number of nitrogens with one attached hydrogen (secondary N) is 1. The molecular formula is C27H27ClN2O3. The van der Waals surface area contributed by atoms with Crippen molar-refractivity contribution in [2.45, 2.75) is 31.7 Å². The Morgan fingerprint density at radius 1 is 0.909 bits per heavy atom. The van der Waals surface area contributed by atoms with Gasteiger partial charge in [-0.15, -0.1) is 0 Å². The van der Waals surface area contributed by atoms with E-state index in [-0.39, 0.29) is 23.9 Å². The summed E-state index contributed by atoms with van der Waals surface area (Å²) in [5.41, 5.74) is 3.90. The second kappa shape index (κ2) is 10.5. The average molecular weight is 463 g/mol. The van der Waals surface area contributed by atoms with Gasteiger partial charge >= 0.3 is 5.97 Å². The highest BCUT2D eigenvalue weighted by Crippen LogP contribution is 2.37. The molecule has 170 valence electrons. The number of aromatic carboxylic acids is 1. The SMILES string of the molecule is O=C(Cc1ccc(C(=O)O)cc1)N[C@H](c1ccccc1)c1cccc(Cl)c1N1CCCCC1. The van der Waals surface area contributed by atoms with Crippen molar-refractivity contribution < 1.29 is 14.7 Å². The quantitative estimate of drug-likeness (QED) is 0.488. The zero-order valence-corrected chi connectivity index (χ0v) is 19.1. The summed E-state index contributed by atoms with van der Waals surface area (Å²) in [6.07, 6.45) is 3.62. The van der Waals surface area contributed by atoms with E-state index in [0.717, 1.165) is 48.3 Å². The molecule has 0 spiro atoms. The van der Waals surface area contributed by atoms with Crippen molar-refractivity contribution in [2.24, 2.45) is 0 Å². The number of para-hydroxylation sites is 1. The molecule has 6 heteroatoms. The first-order chi connectivity index (χ1) is 16.0. The Morgan fingerprint density at radius 2 is 1.61 bits per heavy atom. The van der Waals surface area contributed by atoms with Gasteiger partial charge in [0.05, 0.1) is 28.7 Å². The summed E-state index contributed by atoms with van der Waals surface area (Å²) in [5, 5.41) is 13.0. The van der Waals surface area contributed by atoms with Crippen LogP contribution in [0.3, 0.4) is 0 Å². The Balaban J connectivity index is 1.64. The normalized spacial score (nSPS) is 14.5. The molecule has 3 aromatic rings. The third-order valence-corrected chi connectivity index (χ3v) is 6.31. The van der Waals surface area contributed by atoms with Crippen molar-refractivity contribution in [1.82, 2.24) is 5.32 Å². The fourth-order valence-corrected chi connectivity index (χ4v) is 4.67. The molecule has 3 aromatic carbocycles. The Bertz CT molecular complexity index is 1110. The van der Waals surface area contributed by atoms with Crippen molar-refractivity contribution in [3.8, 4) is 0 Å². The zero-order chi connectivity index (χ0) is 23.2. The monoisotopic (exact) mass is 462 g/mol. The lowest BCUT2D eigenvalue weighted by Crippen LogP contribution is -2.34. The maximum atomic E-state index is 13.1. The lowest BCUT2D eigenvalue weighted by atomic mass is 9.95. The van der Waals surface area contributed by atoms with Crippen molar-refractivity contribution >= 4 is 29.2 Å². The molecule has 5 nitrogen and oxygen atoms in total. The van der Waals surface area contributed by atoms with Crippen LogP contribution < -0.4 is 10.2 Å². The van der Waals surface area contributed by atoms with E-state index in [1.165, 1.54) is 18.6 Å². The minimum absolute atomic E-state index is 0.142. The second-order valence-electron chi connectivity index (χ2n) is 8.32. The molecule has 33 heavy (non-hydrogen) atoms. The maximum absolute atomic E-state index is 13.1. The number of carbonyl (C=O) groups excluding carboxylic acids is 1. The largest absolute Gasteiger partial charge is 0.478 e. The smallest absolute Gasteiger partial charge is 0.335 e. The van der Waals surface area contributed by atoms with Crippen LogP contribution >= 0.6 is 11.6 Å². The van der Waals surface area contributed by atoms with Gasteiger partial charge < -0.3 is 15.3 Å². The number of amides is 1. The fraction of sp³-hybridized carbons (Fsp3) is 0.259. The number of anilines is 1. The van der Waals surface area contributed by atoms with Gasteiger partial charge in [-0.25, -0.2) is 4.79 Å². The Labute approximate surface area is 199 Å². The number of halogens is 1. The Morgan fingerprint density at radius 3 is 2.27 bits per heavy atom.